The lowest BCUT2D eigenvalue weighted by Crippen LogP contribution is -2.54. The monoisotopic (exact) mass is 528 g/mol. The number of rotatable bonds is 5. The lowest BCUT2D eigenvalue weighted by atomic mass is 9.71. The van der Waals surface area contributed by atoms with Crippen LogP contribution in [-0.4, -0.2) is 50.6 Å². The molecule has 7 nitrogen and oxygen atoms in total. The Balaban J connectivity index is 1.50. The number of aromatic nitrogens is 2. The van der Waals surface area contributed by atoms with E-state index in [1.165, 1.54) is 0 Å². The second-order valence-electron chi connectivity index (χ2n) is 8.21. The second-order valence-corrected chi connectivity index (χ2v) is 9.12. The van der Waals surface area contributed by atoms with Gasteiger partial charge < -0.3 is 15.0 Å². The number of methoxy groups -OCH3 is 1. The zero-order valence-electron chi connectivity index (χ0n) is 17.1. The lowest BCUT2D eigenvalue weighted by molar-refractivity contribution is -0.120. The number of nitrogens with zero attached hydrogens (tertiary/aromatic N) is 3. The summed E-state index contributed by atoms with van der Waals surface area (Å²) in [6, 6.07) is -0.259. The third-order valence-corrected chi connectivity index (χ3v) is 7.08. The van der Waals surface area contributed by atoms with Gasteiger partial charge in [0.15, 0.2) is 0 Å². The SMILES string of the molecule is COC1=CCCC=C1NC(=O)CCN1C(=O)c2cnn(I)c2[C@@H]2C1CC(F)C[C@H]2C. The van der Waals surface area contributed by atoms with Gasteiger partial charge in [0, 0.05) is 24.9 Å². The Morgan fingerprint density at radius 1 is 1.37 bits per heavy atom. The number of amides is 2. The van der Waals surface area contributed by atoms with Gasteiger partial charge in [0.05, 0.1) is 53.1 Å². The maximum absolute atomic E-state index is 14.4. The molecule has 4 atom stereocenters. The summed E-state index contributed by atoms with van der Waals surface area (Å²) in [5, 5.41) is 7.16. The molecule has 1 N–H and O–H groups in total. The first-order valence-corrected chi connectivity index (χ1v) is 11.3. The maximum Gasteiger partial charge on any atom is 0.257 e. The predicted molar refractivity (Wildman–Crippen MR) is 118 cm³/mol. The molecule has 3 aliphatic rings. The van der Waals surface area contributed by atoms with Gasteiger partial charge in [-0.3, -0.25) is 9.59 Å². The van der Waals surface area contributed by atoms with Crippen molar-refractivity contribution in [2.24, 2.45) is 5.92 Å². The van der Waals surface area contributed by atoms with Crippen molar-refractivity contribution in [3.63, 3.8) is 0 Å². The van der Waals surface area contributed by atoms with Crippen LogP contribution >= 0.6 is 22.9 Å². The summed E-state index contributed by atoms with van der Waals surface area (Å²) in [6.07, 6.45) is 7.17. The Morgan fingerprint density at radius 3 is 2.90 bits per heavy atom. The van der Waals surface area contributed by atoms with Gasteiger partial charge >= 0.3 is 0 Å². The van der Waals surface area contributed by atoms with Crippen molar-refractivity contribution in [1.82, 2.24) is 18.2 Å². The van der Waals surface area contributed by atoms with E-state index in [9.17, 15) is 14.0 Å². The number of hydrogen-bond donors (Lipinski definition) is 1. The normalized spacial score (nSPS) is 28.3. The van der Waals surface area contributed by atoms with Gasteiger partial charge in [-0.05, 0) is 37.7 Å². The minimum atomic E-state index is -0.945. The van der Waals surface area contributed by atoms with Crippen LogP contribution < -0.4 is 5.32 Å². The summed E-state index contributed by atoms with van der Waals surface area (Å²) >= 11 is 2.08. The molecule has 2 heterocycles. The van der Waals surface area contributed by atoms with Crippen LogP contribution in [0.5, 0.6) is 0 Å². The molecule has 0 bridgehead atoms. The highest BCUT2D eigenvalue weighted by atomic mass is 127. The molecule has 0 radical (unpaired) electrons. The maximum atomic E-state index is 14.4. The highest BCUT2D eigenvalue weighted by Gasteiger charge is 2.48. The number of alkyl halides is 1. The minimum Gasteiger partial charge on any atom is -0.495 e. The van der Waals surface area contributed by atoms with Crippen LogP contribution in [0, 0.1) is 5.92 Å². The Bertz CT molecular complexity index is 912. The summed E-state index contributed by atoms with van der Waals surface area (Å²) < 4.78 is 21.5. The molecule has 4 rings (SSSR count). The Morgan fingerprint density at radius 2 is 2.13 bits per heavy atom. The van der Waals surface area contributed by atoms with Crippen LogP contribution in [0.15, 0.2) is 29.8 Å². The van der Waals surface area contributed by atoms with E-state index in [-0.39, 0.29) is 42.7 Å². The van der Waals surface area contributed by atoms with Crippen LogP contribution in [0.2, 0.25) is 0 Å². The molecule has 162 valence electrons. The van der Waals surface area contributed by atoms with Crippen molar-refractivity contribution in [3.05, 3.63) is 41.1 Å². The molecule has 1 fully saturated rings. The van der Waals surface area contributed by atoms with Gasteiger partial charge in [0.1, 0.15) is 11.9 Å². The van der Waals surface area contributed by atoms with Crippen LogP contribution in [0.3, 0.4) is 0 Å². The van der Waals surface area contributed by atoms with Gasteiger partial charge in [-0.2, -0.15) is 5.10 Å². The van der Waals surface area contributed by atoms with Crippen molar-refractivity contribution < 1.29 is 18.7 Å². The van der Waals surface area contributed by atoms with Crippen molar-refractivity contribution in [2.75, 3.05) is 13.7 Å². The molecule has 0 spiro atoms. The van der Waals surface area contributed by atoms with Crippen LogP contribution in [0.1, 0.15) is 61.0 Å². The first-order chi connectivity index (χ1) is 14.4. The molecule has 2 amide bonds. The summed E-state index contributed by atoms with van der Waals surface area (Å²) in [6.45, 7) is 2.28. The fourth-order valence-corrected chi connectivity index (χ4v) is 5.68. The highest BCUT2D eigenvalue weighted by Crippen LogP contribution is 2.46. The van der Waals surface area contributed by atoms with Crippen molar-refractivity contribution in [1.29, 1.82) is 0 Å². The van der Waals surface area contributed by atoms with Crippen LogP contribution in [0.25, 0.3) is 0 Å². The van der Waals surface area contributed by atoms with E-state index in [0.29, 0.717) is 29.9 Å². The molecule has 1 saturated carbocycles. The van der Waals surface area contributed by atoms with Gasteiger partial charge in [0.2, 0.25) is 5.91 Å². The molecule has 1 aromatic heterocycles. The predicted octanol–water partition coefficient (Wildman–Crippen LogP) is 3.47. The molecule has 30 heavy (non-hydrogen) atoms. The van der Waals surface area contributed by atoms with Crippen LogP contribution in [0.4, 0.5) is 4.39 Å². The number of allylic oxidation sites excluding steroid dienone is 2. The third-order valence-electron chi connectivity index (χ3n) is 6.31. The quantitative estimate of drug-likeness (QED) is 0.595. The van der Waals surface area contributed by atoms with E-state index in [4.69, 9.17) is 4.74 Å². The smallest absolute Gasteiger partial charge is 0.257 e. The van der Waals surface area contributed by atoms with Gasteiger partial charge in [0.25, 0.3) is 5.91 Å². The summed E-state index contributed by atoms with van der Waals surface area (Å²) in [4.78, 5) is 27.5. The molecule has 2 unspecified atom stereocenters. The second kappa shape index (κ2) is 8.68. The summed E-state index contributed by atoms with van der Waals surface area (Å²) in [5.74, 6) is 0.415. The highest BCUT2D eigenvalue weighted by molar-refractivity contribution is 14.1. The number of hydrogen-bond acceptors (Lipinski definition) is 4. The Kier molecular flexibility index (Phi) is 6.17. The van der Waals surface area contributed by atoms with Crippen molar-refractivity contribution >= 4 is 34.7 Å². The standard InChI is InChI=1S/C21H26FIN4O3/c1-12-9-13(22)10-16-19(12)20-14(11-24-27(20)23)21(29)26(16)8-7-18(28)25-15-5-3-4-6-17(15)30-2/h5-6,11-13,16,19H,3-4,7-10H2,1-2H3,(H,25,28)/t12-,13?,16?,19+/m1/s1. The molecule has 0 aromatic carbocycles. The van der Waals surface area contributed by atoms with E-state index >= 15 is 0 Å². The zero-order chi connectivity index (χ0) is 21.4. The van der Waals surface area contributed by atoms with E-state index in [2.05, 4.69) is 33.3 Å². The Hall–Kier alpha value is -1.91. The lowest BCUT2D eigenvalue weighted by Gasteiger charge is -2.47. The topological polar surface area (TPSA) is 76.5 Å². The Labute approximate surface area is 189 Å². The molecule has 1 aliphatic heterocycles. The van der Waals surface area contributed by atoms with Gasteiger partial charge in [-0.15, -0.1) is 0 Å². The average molecular weight is 528 g/mol. The minimum absolute atomic E-state index is 0.0243. The zero-order valence-corrected chi connectivity index (χ0v) is 19.3. The number of halogens is 2. The number of fused-ring (bicyclic) bond motifs is 3. The first-order valence-electron chi connectivity index (χ1n) is 10.3. The summed E-state index contributed by atoms with van der Waals surface area (Å²) in [5.41, 5.74) is 2.11. The van der Waals surface area contributed by atoms with E-state index in [1.807, 2.05) is 19.1 Å². The van der Waals surface area contributed by atoms with E-state index < -0.39 is 6.17 Å². The fraction of sp³-hybridized carbons (Fsp3) is 0.571. The molecule has 9 heteroatoms. The molecular formula is C21H26FIN4O3. The third kappa shape index (κ3) is 3.88. The molecule has 2 aliphatic carbocycles. The average Bonchev–Trinajstić information content (AvgIpc) is 3.09. The molecule has 0 saturated heterocycles. The number of carbonyl (C=O) groups excluding carboxylic acids is 2. The summed E-state index contributed by atoms with van der Waals surface area (Å²) in [7, 11) is 1.58. The number of ether oxygens (including phenoxy) is 1. The largest absolute Gasteiger partial charge is 0.495 e. The van der Waals surface area contributed by atoms with Crippen molar-refractivity contribution in [3.8, 4) is 0 Å². The number of nitrogens with one attached hydrogen (secondary N) is 1. The van der Waals surface area contributed by atoms with E-state index in [1.54, 1.807) is 21.1 Å². The van der Waals surface area contributed by atoms with Gasteiger partial charge in [-0.1, -0.05) is 13.0 Å². The molecule has 1 aromatic rings. The molecular weight excluding hydrogens is 502 g/mol. The van der Waals surface area contributed by atoms with E-state index in [0.717, 1.165) is 18.5 Å². The first kappa shape index (κ1) is 21.3. The van der Waals surface area contributed by atoms with Crippen LogP contribution in [-0.2, 0) is 9.53 Å². The fourth-order valence-electron chi connectivity index (χ4n) is 4.98. The number of carbonyl (C=O) groups is 2. The van der Waals surface area contributed by atoms with Crippen molar-refractivity contribution in [2.45, 2.75) is 57.2 Å². The van der Waals surface area contributed by atoms with Gasteiger partial charge in [-0.25, -0.2) is 7.29 Å².